The summed E-state index contributed by atoms with van der Waals surface area (Å²) in [4.78, 5) is 12.1. The van der Waals surface area contributed by atoms with Crippen LogP contribution < -0.4 is 9.47 Å². The number of carbonyl (C=O) groups is 1. The summed E-state index contributed by atoms with van der Waals surface area (Å²) >= 11 is 0. The fourth-order valence-electron chi connectivity index (χ4n) is 6.66. The molecule has 2 aliphatic carbocycles. The highest BCUT2D eigenvalue weighted by molar-refractivity contribution is 5.87. The fourth-order valence-corrected chi connectivity index (χ4v) is 6.66. The zero-order valence-electron chi connectivity index (χ0n) is 21.5. The van der Waals surface area contributed by atoms with Gasteiger partial charge in [-0.2, -0.15) is 0 Å². The van der Waals surface area contributed by atoms with E-state index in [1.165, 1.54) is 13.4 Å². The van der Waals surface area contributed by atoms with Crippen molar-refractivity contribution in [2.75, 3.05) is 20.3 Å². The Bertz CT molecular complexity index is 1160. The third-order valence-corrected chi connectivity index (χ3v) is 8.51. The summed E-state index contributed by atoms with van der Waals surface area (Å²) in [6.45, 7) is 1.35. The molecule has 1 aliphatic heterocycles. The Labute approximate surface area is 219 Å². The highest BCUT2D eigenvalue weighted by Crippen LogP contribution is 2.56. The molecule has 38 heavy (non-hydrogen) atoms. The standard InChI is InChI=1S/C27H36O11/c1-3-35-20(30)7-5-14-10-15-8-9-36-21(15)23(34-2)22(14)38-25-27(33)18-11-17(29)6-4-16(18)12-26(32,24(27)31)19(13-28)37-25/h8-10,16-19,24-25,28-29,31-33H,3-7,11-13H2,1-2H3. The van der Waals surface area contributed by atoms with E-state index in [1.807, 2.05) is 0 Å². The molecule has 1 aromatic heterocycles. The SMILES string of the molecule is CCOC(=O)CCc1cc2ccoc2c(OC)c1OC1OC(CO)C2(O)CC3CCC(O)CC3C1(O)C2O. The Hall–Kier alpha value is -2.41. The van der Waals surface area contributed by atoms with Crippen LogP contribution in [0.15, 0.2) is 22.8 Å². The van der Waals surface area contributed by atoms with Crippen molar-refractivity contribution in [2.24, 2.45) is 11.8 Å². The molecule has 8 atom stereocenters. The summed E-state index contributed by atoms with van der Waals surface area (Å²) < 4.78 is 28.6. The maximum absolute atomic E-state index is 12.1. The van der Waals surface area contributed by atoms with E-state index in [0.717, 1.165) is 0 Å². The maximum atomic E-state index is 12.1. The zero-order valence-corrected chi connectivity index (χ0v) is 21.5. The van der Waals surface area contributed by atoms with Gasteiger partial charge in [0.1, 0.15) is 17.8 Å². The number of benzene rings is 1. The number of carbonyl (C=O) groups excluding carboxylic acids is 1. The minimum absolute atomic E-state index is 0.0467. The fraction of sp³-hybridized carbons (Fsp3) is 0.667. The summed E-state index contributed by atoms with van der Waals surface area (Å²) in [5.74, 6) is -0.952. The predicted molar refractivity (Wildman–Crippen MR) is 131 cm³/mol. The van der Waals surface area contributed by atoms with E-state index in [9.17, 15) is 30.3 Å². The van der Waals surface area contributed by atoms with E-state index in [1.54, 1.807) is 19.1 Å². The van der Waals surface area contributed by atoms with E-state index in [2.05, 4.69) is 0 Å². The van der Waals surface area contributed by atoms with E-state index < -0.39 is 54.3 Å². The molecule has 210 valence electrons. The van der Waals surface area contributed by atoms with Crippen molar-refractivity contribution in [2.45, 2.75) is 81.3 Å². The molecule has 11 nitrogen and oxygen atoms in total. The van der Waals surface area contributed by atoms with E-state index in [0.29, 0.717) is 29.4 Å². The molecule has 3 aliphatic rings. The molecule has 5 N–H and O–H groups in total. The van der Waals surface area contributed by atoms with Crippen molar-refractivity contribution in [3.8, 4) is 11.5 Å². The third-order valence-electron chi connectivity index (χ3n) is 8.51. The van der Waals surface area contributed by atoms with Gasteiger partial charge in [0.2, 0.25) is 12.0 Å². The number of aliphatic hydroxyl groups excluding tert-OH is 3. The van der Waals surface area contributed by atoms with Crippen LogP contribution >= 0.6 is 0 Å². The van der Waals surface area contributed by atoms with Gasteiger partial charge in [0.15, 0.2) is 16.9 Å². The molecule has 5 rings (SSSR count). The number of aliphatic hydroxyl groups is 5. The van der Waals surface area contributed by atoms with Crippen LogP contribution in [-0.2, 0) is 20.7 Å². The average Bonchev–Trinajstić information content (AvgIpc) is 3.36. The van der Waals surface area contributed by atoms with Crippen LogP contribution in [0.2, 0.25) is 0 Å². The first-order valence-corrected chi connectivity index (χ1v) is 13.1. The smallest absolute Gasteiger partial charge is 0.306 e. The Kier molecular flexibility index (Phi) is 7.36. The number of aryl methyl sites for hydroxylation is 1. The number of hydrogen-bond acceptors (Lipinski definition) is 11. The molecule has 0 amide bonds. The minimum atomic E-state index is -2.12. The zero-order chi connectivity index (χ0) is 27.2. The highest BCUT2D eigenvalue weighted by atomic mass is 16.7. The van der Waals surface area contributed by atoms with Crippen LogP contribution in [0.25, 0.3) is 11.0 Å². The van der Waals surface area contributed by atoms with Crippen LogP contribution in [0, 0.1) is 11.8 Å². The van der Waals surface area contributed by atoms with Crippen molar-refractivity contribution in [3.63, 3.8) is 0 Å². The largest absolute Gasteiger partial charge is 0.490 e. The number of esters is 1. The minimum Gasteiger partial charge on any atom is -0.490 e. The summed E-state index contributed by atoms with van der Waals surface area (Å²) in [7, 11) is 1.42. The number of furan rings is 1. The van der Waals surface area contributed by atoms with E-state index >= 15 is 0 Å². The Balaban J connectivity index is 1.58. The second kappa shape index (κ2) is 10.3. The lowest BCUT2D eigenvalue weighted by Crippen LogP contribution is -2.80. The van der Waals surface area contributed by atoms with Gasteiger partial charge in [-0.15, -0.1) is 0 Å². The maximum Gasteiger partial charge on any atom is 0.306 e. The molecule has 0 radical (unpaired) electrons. The van der Waals surface area contributed by atoms with Gasteiger partial charge < -0.3 is 48.9 Å². The van der Waals surface area contributed by atoms with Crippen LogP contribution in [0.3, 0.4) is 0 Å². The van der Waals surface area contributed by atoms with Gasteiger partial charge in [-0.3, -0.25) is 4.79 Å². The molecule has 2 heterocycles. The van der Waals surface area contributed by atoms with Crippen LogP contribution in [0.1, 0.15) is 44.6 Å². The van der Waals surface area contributed by atoms with Gasteiger partial charge in [0.05, 0.1) is 32.7 Å². The highest BCUT2D eigenvalue weighted by Gasteiger charge is 2.71. The normalized spacial score (nSPS) is 36.5. The average molecular weight is 537 g/mol. The lowest BCUT2D eigenvalue weighted by atomic mass is 9.54. The predicted octanol–water partition coefficient (Wildman–Crippen LogP) is 1.04. The molecule has 2 bridgehead atoms. The van der Waals surface area contributed by atoms with Crippen molar-refractivity contribution < 1.29 is 53.7 Å². The van der Waals surface area contributed by atoms with Gasteiger partial charge >= 0.3 is 5.97 Å². The molecule has 3 fully saturated rings. The first kappa shape index (κ1) is 27.2. The van der Waals surface area contributed by atoms with Crippen LogP contribution in [0.4, 0.5) is 0 Å². The summed E-state index contributed by atoms with van der Waals surface area (Å²) in [5.41, 5.74) is -3.11. The topological polar surface area (TPSA) is 168 Å². The van der Waals surface area contributed by atoms with E-state index in [-0.39, 0.29) is 49.7 Å². The van der Waals surface area contributed by atoms with Crippen molar-refractivity contribution in [3.05, 3.63) is 24.0 Å². The van der Waals surface area contributed by atoms with Crippen LogP contribution in [-0.4, -0.2) is 87.6 Å². The molecule has 11 heteroatoms. The quantitative estimate of drug-likeness (QED) is 0.306. The van der Waals surface area contributed by atoms with Crippen molar-refractivity contribution >= 4 is 16.9 Å². The van der Waals surface area contributed by atoms with Gasteiger partial charge in [0.25, 0.3) is 0 Å². The number of fused-ring (bicyclic) bond motifs is 5. The van der Waals surface area contributed by atoms with Gasteiger partial charge in [-0.1, -0.05) is 0 Å². The molecule has 2 saturated carbocycles. The molecular weight excluding hydrogens is 500 g/mol. The Morgan fingerprint density at radius 3 is 2.71 bits per heavy atom. The molecule has 1 saturated heterocycles. The lowest BCUT2D eigenvalue weighted by Gasteiger charge is -2.62. The Morgan fingerprint density at radius 1 is 1.21 bits per heavy atom. The molecular formula is C27H36O11. The van der Waals surface area contributed by atoms with Crippen molar-refractivity contribution in [1.82, 2.24) is 0 Å². The third kappa shape index (κ3) is 4.25. The van der Waals surface area contributed by atoms with Gasteiger partial charge in [-0.25, -0.2) is 0 Å². The molecule has 8 unspecified atom stereocenters. The van der Waals surface area contributed by atoms with Crippen LogP contribution in [0.5, 0.6) is 11.5 Å². The number of rotatable bonds is 8. The number of hydrogen-bond donors (Lipinski definition) is 5. The Morgan fingerprint density at radius 2 is 2.00 bits per heavy atom. The second-order valence-corrected chi connectivity index (χ2v) is 10.6. The number of ether oxygens (including phenoxy) is 4. The van der Waals surface area contributed by atoms with Crippen molar-refractivity contribution in [1.29, 1.82) is 0 Å². The summed E-state index contributed by atoms with van der Waals surface area (Å²) in [5, 5.41) is 56.2. The first-order chi connectivity index (χ1) is 18.2. The van der Waals surface area contributed by atoms with E-state index in [4.69, 9.17) is 23.4 Å². The molecule has 0 spiro atoms. The summed E-state index contributed by atoms with van der Waals surface area (Å²) in [6.07, 6.45) is -2.14. The van der Waals surface area contributed by atoms with Gasteiger partial charge in [-0.05, 0) is 62.6 Å². The molecule has 2 aromatic rings. The van der Waals surface area contributed by atoms with Gasteiger partial charge in [0, 0.05) is 17.7 Å². The second-order valence-electron chi connectivity index (χ2n) is 10.6. The number of methoxy groups -OCH3 is 1. The lowest BCUT2D eigenvalue weighted by molar-refractivity contribution is -0.391. The molecule has 1 aromatic carbocycles. The first-order valence-electron chi connectivity index (χ1n) is 13.1. The monoisotopic (exact) mass is 536 g/mol. The summed E-state index contributed by atoms with van der Waals surface area (Å²) in [6, 6.07) is 3.51.